The molecule has 0 spiro atoms. The quantitative estimate of drug-likeness (QED) is 0.860. The van der Waals surface area contributed by atoms with Crippen molar-refractivity contribution in [3.63, 3.8) is 0 Å². The van der Waals surface area contributed by atoms with Crippen LogP contribution in [0, 0.1) is 11.8 Å². The van der Waals surface area contributed by atoms with Crippen LogP contribution in [0.1, 0.15) is 40.0 Å². The average Bonchev–Trinajstić information content (AvgIpc) is 2.46. The zero-order valence-corrected chi connectivity index (χ0v) is 13.5. The zero-order valence-electron chi connectivity index (χ0n) is 12.7. The summed E-state index contributed by atoms with van der Waals surface area (Å²) in [6, 6.07) is 0.627. The summed E-state index contributed by atoms with van der Waals surface area (Å²) in [6.07, 6.45) is 3.92. The van der Waals surface area contributed by atoms with Crippen molar-refractivity contribution in [1.82, 2.24) is 10.2 Å². The first-order valence-electron chi connectivity index (χ1n) is 7.85. The van der Waals surface area contributed by atoms with E-state index in [0.717, 1.165) is 12.5 Å². The third-order valence-corrected chi connectivity index (χ3v) is 5.39. The highest BCUT2D eigenvalue weighted by atomic mass is 32.2. The number of hydrogen-bond donors (Lipinski definition) is 1. The number of likely N-dealkylation sites (tertiary alicyclic amines) is 1. The van der Waals surface area contributed by atoms with Crippen molar-refractivity contribution in [3.05, 3.63) is 0 Å². The van der Waals surface area contributed by atoms with Crippen LogP contribution in [0.25, 0.3) is 0 Å². The molecule has 2 aliphatic heterocycles. The van der Waals surface area contributed by atoms with Gasteiger partial charge in [0.2, 0.25) is 0 Å². The molecular formula is C15H29N3S. The van der Waals surface area contributed by atoms with E-state index in [-0.39, 0.29) is 0 Å². The third-order valence-electron chi connectivity index (χ3n) is 4.43. The van der Waals surface area contributed by atoms with Gasteiger partial charge in [0, 0.05) is 18.3 Å². The molecule has 0 saturated carbocycles. The van der Waals surface area contributed by atoms with Crippen LogP contribution in [0.2, 0.25) is 0 Å². The number of piperidine rings is 1. The van der Waals surface area contributed by atoms with Gasteiger partial charge in [0.1, 0.15) is 0 Å². The normalized spacial score (nSPS) is 28.8. The molecule has 2 rings (SSSR count). The van der Waals surface area contributed by atoms with Crippen molar-refractivity contribution in [1.29, 1.82) is 0 Å². The highest BCUT2D eigenvalue weighted by molar-refractivity contribution is 8.13. The highest BCUT2D eigenvalue weighted by Gasteiger charge is 2.21. The van der Waals surface area contributed by atoms with E-state index in [0.29, 0.717) is 12.0 Å². The first-order valence-corrected chi connectivity index (χ1v) is 8.83. The van der Waals surface area contributed by atoms with E-state index in [9.17, 15) is 0 Å². The average molecular weight is 283 g/mol. The topological polar surface area (TPSA) is 27.6 Å². The Morgan fingerprint density at radius 3 is 2.68 bits per heavy atom. The lowest BCUT2D eigenvalue weighted by atomic mass is 9.97. The minimum Gasteiger partial charge on any atom is -0.362 e. The standard InChI is InChI=1S/C15H29N3S/c1-4-18-8-5-13(6-9-18)11-16-15-17-14(12(2)3)7-10-19-15/h12-14H,4-11H2,1-3H3,(H,16,17). The fraction of sp³-hybridized carbons (Fsp3) is 0.933. The number of aliphatic imine (C=N–C) groups is 1. The summed E-state index contributed by atoms with van der Waals surface area (Å²) in [7, 11) is 0. The number of thioether (sulfide) groups is 1. The molecule has 2 saturated heterocycles. The van der Waals surface area contributed by atoms with E-state index >= 15 is 0 Å². The van der Waals surface area contributed by atoms with Crippen LogP contribution in [-0.4, -0.2) is 48.0 Å². The maximum absolute atomic E-state index is 4.84. The van der Waals surface area contributed by atoms with Gasteiger partial charge in [-0.3, -0.25) is 4.99 Å². The van der Waals surface area contributed by atoms with Crippen LogP contribution >= 0.6 is 11.8 Å². The fourth-order valence-electron chi connectivity index (χ4n) is 2.84. The van der Waals surface area contributed by atoms with Crippen molar-refractivity contribution >= 4 is 16.9 Å². The predicted octanol–water partition coefficient (Wildman–Crippen LogP) is 2.83. The van der Waals surface area contributed by atoms with Crippen molar-refractivity contribution in [2.24, 2.45) is 16.8 Å². The number of rotatable bonds is 4. The molecule has 1 unspecified atom stereocenters. The second-order valence-corrected chi connectivity index (χ2v) is 7.24. The first-order chi connectivity index (χ1) is 9.19. The van der Waals surface area contributed by atoms with Crippen molar-refractivity contribution in [2.45, 2.75) is 46.1 Å². The van der Waals surface area contributed by atoms with E-state index < -0.39 is 0 Å². The molecule has 1 N–H and O–H groups in total. The summed E-state index contributed by atoms with van der Waals surface area (Å²) in [6.45, 7) is 11.6. The summed E-state index contributed by atoms with van der Waals surface area (Å²) < 4.78 is 0. The third kappa shape index (κ3) is 4.67. The summed E-state index contributed by atoms with van der Waals surface area (Å²) in [4.78, 5) is 7.39. The van der Waals surface area contributed by atoms with Gasteiger partial charge in [0.05, 0.1) is 0 Å². The largest absolute Gasteiger partial charge is 0.362 e. The maximum Gasteiger partial charge on any atom is 0.156 e. The van der Waals surface area contributed by atoms with Gasteiger partial charge < -0.3 is 10.2 Å². The number of hydrogen-bond acceptors (Lipinski definition) is 3. The number of nitrogens with zero attached hydrogens (tertiary/aromatic N) is 2. The molecule has 0 aromatic carbocycles. The van der Waals surface area contributed by atoms with Gasteiger partial charge in [-0.2, -0.15) is 0 Å². The van der Waals surface area contributed by atoms with Crippen LogP contribution in [0.3, 0.4) is 0 Å². The van der Waals surface area contributed by atoms with E-state index in [1.54, 1.807) is 0 Å². The molecule has 2 heterocycles. The molecule has 4 heteroatoms. The van der Waals surface area contributed by atoms with Crippen LogP contribution in [-0.2, 0) is 0 Å². The van der Waals surface area contributed by atoms with Gasteiger partial charge in [0.15, 0.2) is 5.17 Å². The van der Waals surface area contributed by atoms with Gasteiger partial charge in [-0.15, -0.1) is 0 Å². The van der Waals surface area contributed by atoms with E-state index in [1.807, 2.05) is 11.8 Å². The van der Waals surface area contributed by atoms with Gasteiger partial charge in [-0.25, -0.2) is 0 Å². The van der Waals surface area contributed by atoms with Crippen LogP contribution in [0.15, 0.2) is 4.99 Å². The molecule has 1 atom stereocenters. The van der Waals surface area contributed by atoms with E-state index in [1.165, 1.54) is 49.8 Å². The van der Waals surface area contributed by atoms with Crippen molar-refractivity contribution in [3.8, 4) is 0 Å². The lowest BCUT2D eigenvalue weighted by Gasteiger charge is -2.31. The Balaban J connectivity index is 1.76. The second-order valence-electron chi connectivity index (χ2n) is 6.16. The molecule has 0 radical (unpaired) electrons. The van der Waals surface area contributed by atoms with Gasteiger partial charge in [-0.1, -0.05) is 32.5 Å². The van der Waals surface area contributed by atoms with Crippen LogP contribution in [0.5, 0.6) is 0 Å². The van der Waals surface area contributed by atoms with Gasteiger partial charge >= 0.3 is 0 Å². The summed E-state index contributed by atoms with van der Waals surface area (Å²) in [5, 5.41) is 4.81. The fourth-order valence-corrected chi connectivity index (χ4v) is 3.81. The Hall–Kier alpha value is -0.220. The maximum atomic E-state index is 4.84. The smallest absolute Gasteiger partial charge is 0.156 e. The lowest BCUT2D eigenvalue weighted by molar-refractivity contribution is 0.196. The first kappa shape index (κ1) is 15.2. The Kier molecular flexibility index (Phi) is 6.02. The molecule has 19 heavy (non-hydrogen) atoms. The molecule has 0 aromatic heterocycles. The number of nitrogens with one attached hydrogen (secondary N) is 1. The molecule has 0 amide bonds. The summed E-state index contributed by atoms with van der Waals surface area (Å²) in [5.41, 5.74) is 0. The van der Waals surface area contributed by atoms with Gasteiger partial charge in [0.25, 0.3) is 0 Å². The lowest BCUT2D eigenvalue weighted by Crippen LogP contribution is -2.41. The molecule has 0 bridgehead atoms. The molecule has 3 nitrogen and oxygen atoms in total. The summed E-state index contributed by atoms with van der Waals surface area (Å²) >= 11 is 1.91. The Bertz CT molecular complexity index is 296. The SMILES string of the molecule is CCN1CCC(CN=C2NC(C(C)C)CCS2)CC1. The monoisotopic (exact) mass is 283 g/mol. The van der Waals surface area contributed by atoms with Crippen LogP contribution < -0.4 is 5.32 Å². The molecule has 0 aliphatic carbocycles. The van der Waals surface area contributed by atoms with Gasteiger partial charge in [-0.05, 0) is 50.7 Å². The zero-order chi connectivity index (χ0) is 13.7. The van der Waals surface area contributed by atoms with Crippen molar-refractivity contribution in [2.75, 3.05) is 31.9 Å². The van der Waals surface area contributed by atoms with E-state index in [2.05, 4.69) is 31.0 Å². The molecular weight excluding hydrogens is 254 g/mol. The Morgan fingerprint density at radius 1 is 1.32 bits per heavy atom. The predicted molar refractivity (Wildman–Crippen MR) is 86.0 cm³/mol. The minimum absolute atomic E-state index is 0.627. The molecule has 2 fully saturated rings. The second kappa shape index (κ2) is 7.53. The van der Waals surface area contributed by atoms with E-state index in [4.69, 9.17) is 4.99 Å². The molecule has 2 aliphatic rings. The Morgan fingerprint density at radius 2 is 2.05 bits per heavy atom. The molecule has 110 valence electrons. The Labute approximate surface area is 122 Å². The number of amidine groups is 1. The van der Waals surface area contributed by atoms with Crippen molar-refractivity contribution < 1.29 is 0 Å². The highest BCUT2D eigenvalue weighted by Crippen LogP contribution is 2.21. The van der Waals surface area contributed by atoms with Crippen LogP contribution in [0.4, 0.5) is 0 Å². The minimum atomic E-state index is 0.627. The molecule has 0 aromatic rings. The summed E-state index contributed by atoms with van der Waals surface area (Å²) in [5.74, 6) is 2.74.